The van der Waals surface area contributed by atoms with Gasteiger partial charge in [-0.05, 0) is 49.4 Å². The van der Waals surface area contributed by atoms with E-state index in [0.717, 1.165) is 4.90 Å². The molecule has 0 saturated carbocycles. The number of benzene rings is 1. The van der Waals surface area contributed by atoms with Crippen LogP contribution in [0, 0.1) is 0 Å². The summed E-state index contributed by atoms with van der Waals surface area (Å²) in [6.45, 7) is 3.06. The van der Waals surface area contributed by atoms with Gasteiger partial charge in [0.1, 0.15) is 6.04 Å². The van der Waals surface area contributed by atoms with Crippen molar-refractivity contribution in [3.8, 4) is 11.5 Å². The molecule has 2 rings (SSSR count). The lowest BCUT2D eigenvalue weighted by Gasteiger charge is -2.18. The number of rotatable bonds is 8. The van der Waals surface area contributed by atoms with E-state index < -0.39 is 29.1 Å². The Morgan fingerprint density at radius 1 is 1.23 bits per heavy atom. The van der Waals surface area contributed by atoms with Crippen LogP contribution in [0.3, 0.4) is 0 Å². The zero-order valence-electron chi connectivity index (χ0n) is 16.7. The van der Waals surface area contributed by atoms with Crippen molar-refractivity contribution in [2.45, 2.75) is 19.9 Å². The monoisotopic (exact) mass is 501 g/mol. The molecular formula is C19H20BrNO8S. The van der Waals surface area contributed by atoms with Gasteiger partial charge in [-0.3, -0.25) is 14.5 Å². The largest absolute Gasteiger partial charge is 0.493 e. The smallest absolute Gasteiger partial charge is 0.344 e. The number of halogens is 1. The van der Waals surface area contributed by atoms with E-state index in [1.54, 1.807) is 19.1 Å². The number of amides is 2. The van der Waals surface area contributed by atoms with Gasteiger partial charge in [-0.15, -0.1) is 0 Å². The number of hydrogen-bond acceptors (Lipinski definition) is 9. The number of methoxy groups -OCH3 is 2. The Labute approximate surface area is 185 Å². The number of ether oxygens (including phenoxy) is 4. The van der Waals surface area contributed by atoms with Crippen LogP contribution >= 0.6 is 27.7 Å². The molecule has 0 radical (unpaired) electrons. The van der Waals surface area contributed by atoms with Gasteiger partial charge in [0, 0.05) is 4.47 Å². The SMILES string of the molecule is CCOC(=O)COc1cc(Br)c(/C=C2/SC(=O)N([C@@H](C)C(=O)OC)C2=O)cc1OC. The van der Waals surface area contributed by atoms with Crippen molar-refractivity contribution in [1.82, 2.24) is 4.90 Å². The molecule has 0 bridgehead atoms. The standard InChI is InChI=1S/C19H20BrNO8S/c1-5-28-16(22)9-29-14-8-12(20)11(6-13(14)26-3)7-15-17(23)21(19(25)30-15)10(2)18(24)27-4/h6-8,10H,5,9H2,1-4H3/b15-7+/t10-/m0/s1. The Morgan fingerprint density at radius 2 is 1.93 bits per heavy atom. The van der Waals surface area contributed by atoms with Crippen molar-refractivity contribution >= 4 is 56.9 Å². The average molecular weight is 502 g/mol. The van der Waals surface area contributed by atoms with E-state index >= 15 is 0 Å². The van der Waals surface area contributed by atoms with Gasteiger partial charge >= 0.3 is 11.9 Å². The molecule has 1 aromatic carbocycles. The van der Waals surface area contributed by atoms with Crippen LogP contribution in [-0.4, -0.2) is 61.5 Å². The molecule has 1 saturated heterocycles. The Bertz CT molecular complexity index is 901. The summed E-state index contributed by atoms with van der Waals surface area (Å²) in [4.78, 5) is 49.1. The lowest BCUT2D eigenvalue weighted by Crippen LogP contribution is -2.42. The second-order valence-electron chi connectivity index (χ2n) is 5.87. The van der Waals surface area contributed by atoms with Crippen molar-refractivity contribution in [2.24, 2.45) is 0 Å². The fraction of sp³-hybridized carbons (Fsp3) is 0.368. The molecule has 1 aromatic rings. The number of imide groups is 1. The fourth-order valence-corrected chi connectivity index (χ4v) is 3.84. The highest BCUT2D eigenvalue weighted by atomic mass is 79.9. The molecule has 0 spiro atoms. The molecule has 11 heteroatoms. The highest BCUT2D eigenvalue weighted by Gasteiger charge is 2.41. The number of hydrogen-bond donors (Lipinski definition) is 0. The molecule has 0 aliphatic carbocycles. The maximum absolute atomic E-state index is 12.6. The summed E-state index contributed by atoms with van der Waals surface area (Å²) in [6.07, 6.45) is 1.50. The minimum absolute atomic E-state index is 0.138. The van der Waals surface area contributed by atoms with Gasteiger partial charge in [0.05, 0.1) is 25.7 Å². The van der Waals surface area contributed by atoms with Crippen molar-refractivity contribution in [3.05, 3.63) is 27.1 Å². The van der Waals surface area contributed by atoms with Crippen molar-refractivity contribution in [1.29, 1.82) is 0 Å². The van der Waals surface area contributed by atoms with Crippen molar-refractivity contribution in [2.75, 3.05) is 27.4 Å². The van der Waals surface area contributed by atoms with Crippen LogP contribution in [0.5, 0.6) is 11.5 Å². The predicted molar refractivity (Wildman–Crippen MR) is 112 cm³/mol. The third kappa shape index (κ3) is 5.33. The number of nitrogens with zero attached hydrogens (tertiary/aromatic N) is 1. The van der Waals surface area contributed by atoms with E-state index in [-0.39, 0.29) is 18.1 Å². The second-order valence-corrected chi connectivity index (χ2v) is 7.72. The molecule has 9 nitrogen and oxygen atoms in total. The third-order valence-electron chi connectivity index (χ3n) is 3.97. The summed E-state index contributed by atoms with van der Waals surface area (Å²) in [7, 11) is 2.61. The first-order valence-electron chi connectivity index (χ1n) is 8.74. The van der Waals surface area contributed by atoms with Crippen LogP contribution in [0.25, 0.3) is 6.08 Å². The molecule has 162 valence electrons. The van der Waals surface area contributed by atoms with Gasteiger partial charge in [-0.1, -0.05) is 15.9 Å². The highest BCUT2D eigenvalue weighted by Crippen LogP contribution is 2.38. The third-order valence-corrected chi connectivity index (χ3v) is 5.54. The minimum Gasteiger partial charge on any atom is -0.493 e. The topological polar surface area (TPSA) is 108 Å². The molecule has 1 aliphatic rings. The van der Waals surface area contributed by atoms with E-state index in [9.17, 15) is 19.2 Å². The molecule has 0 unspecified atom stereocenters. The Morgan fingerprint density at radius 3 is 2.53 bits per heavy atom. The van der Waals surface area contributed by atoms with Crippen LogP contribution < -0.4 is 9.47 Å². The lowest BCUT2D eigenvalue weighted by molar-refractivity contribution is -0.148. The number of thioether (sulfide) groups is 1. The first-order chi connectivity index (χ1) is 14.2. The summed E-state index contributed by atoms with van der Waals surface area (Å²) in [6, 6.07) is 2.12. The molecule has 0 aromatic heterocycles. The first-order valence-corrected chi connectivity index (χ1v) is 10.3. The summed E-state index contributed by atoms with van der Waals surface area (Å²) >= 11 is 4.10. The van der Waals surface area contributed by atoms with Crippen molar-refractivity contribution in [3.63, 3.8) is 0 Å². The summed E-state index contributed by atoms with van der Waals surface area (Å²) < 4.78 is 20.7. The van der Waals surface area contributed by atoms with Gasteiger partial charge in [-0.2, -0.15) is 0 Å². The Hall–Kier alpha value is -2.53. The van der Waals surface area contributed by atoms with Crippen LogP contribution in [-0.2, 0) is 23.9 Å². The van der Waals surface area contributed by atoms with E-state index in [2.05, 4.69) is 20.7 Å². The fourth-order valence-electron chi connectivity index (χ4n) is 2.50. The molecule has 0 N–H and O–H groups in total. The molecule has 2 amide bonds. The zero-order valence-corrected chi connectivity index (χ0v) is 19.1. The predicted octanol–water partition coefficient (Wildman–Crippen LogP) is 3.00. The summed E-state index contributed by atoms with van der Waals surface area (Å²) in [5.74, 6) is -1.20. The van der Waals surface area contributed by atoms with Crippen LogP contribution in [0.4, 0.5) is 4.79 Å². The second kappa shape index (κ2) is 10.5. The van der Waals surface area contributed by atoms with Gasteiger partial charge in [0.2, 0.25) is 0 Å². The molecule has 1 aliphatic heterocycles. The Balaban J connectivity index is 2.28. The summed E-state index contributed by atoms with van der Waals surface area (Å²) in [5.41, 5.74) is 0.534. The van der Waals surface area contributed by atoms with E-state index in [1.807, 2.05) is 0 Å². The molecule has 1 heterocycles. The van der Waals surface area contributed by atoms with Gasteiger partial charge < -0.3 is 18.9 Å². The van der Waals surface area contributed by atoms with Gasteiger partial charge in [0.25, 0.3) is 11.1 Å². The van der Waals surface area contributed by atoms with Crippen LogP contribution in [0.1, 0.15) is 19.4 Å². The Kier molecular flexibility index (Phi) is 8.30. The van der Waals surface area contributed by atoms with E-state index in [0.29, 0.717) is 33.3 Å². The van der Waals surface area contributed by atoms with Gasteiger partial charge in [-0.25, -0.2) is 9.59 Å². The van der Waals surface area contributed by atoms with E-state index in [1.165, 1.54) is 27.2 Å². The van der Waals surface area contributed by atoms with Gasteiger partial charge in [0.15, 0.2) is 18.1 Å². The van der Waals surface area contributed by atoms with Crippen LogP contribution in [0.15, 0.2) is 21.5 Å². The molecular weight excluding hydrogens is 482 g/mol. The number of carbonyl (C=O) groups is 4. The lowest BCUT2D eigenvalue weighted by atomic mass is 10.1. The van der Waals surface area contributed by atoms with Crippen molar-refractivity contribution < 1.29 is 38.1 Å². The average Bonchev–Trinajstić information content (AvgIpc) is 2.99. The number of carbonyl (C=O) groups excluding carboxylic acids is 4. The molecule has 30 heavy (non-hydrogen) atoms. The molecule has 1 atom stereocenters. The summed E-state index contributed by atoms with van der Waals surface area (Å²) in [5, 5.41) is -0.568. The quantitative estimate of drug-likeness (QED) is 0.392. The maximum atomic E-state index is 12.6. The first kappa shape index (κ1) is 23.7. The zero-order chi connectivity index (χ0) is 22.4. The normalized spacial score (nSPS) is 15.9. The van der Waals surface area contributed by atoms with Crippen LogP contribution in [0.2, 0.25) is 0 Å². The highest BCUT2D eigenvalue weighted by molar-refractivity contribution is 9.10. The molecule has 1 fully saturated rings. The minimum atomic E-state index is -1.04. The number of esters is 2. The maximum Gasteiger partial charge on any atom is 0.344 e. The van der Waals surface area contributed by atoms with E-state index in [4.69, 9.17) is 14.2 Å².